The molecular formula is C14H28N2O2. The van der Waals surface area contributed by atoms with E-state index in [0.717, 1.165) is 45.2 Å². The number of carbonyl (C=O) groups is 1. The van der Waals surface area contributed by atoms with E-state index in [9.17, 15) is 9.90 Å². The molecule has 1 aliphatic heterocycles. The molecule has 0 atom stereocenters. The molecule has 106 valence electrons. The summed E-state index contributed by atoms with van der Waals surface area (Å²) in [7, 11) is 0. The minimum Gasteiger partial charge on any atom is -0.394 e. The smallest absolute Gasteiger partial charge is 0.226 e. The number of carbonyl (C=O) groups excluding carboxylic acids is 1. The van der Waals surface area contributed by atoms with E-state index in [-0.39, 0.29) is 17.9 Å². The van der Waals surface area contributed by atoms with E-state index in [1.807, 2.05) is 13.8 Å². The van der Waals surface area contributed by atoms with Gasteiger partial charge in [-0.1, -0.05) is 20.8 Å². The van der Waals surface area contributed by atoms with E-state index in [1.54, 1.807) is 0 Å². The van der Waals surface area contributed by atoms with Crippen LogP contribution in [0.25, 0.3) is 0 Å². The number of amides is 1. The standard InChI is InChI=1S/C14H28N2O2/c1-4-13(7-9-15-10-8-13)12(18)16-14(5-2,6-3)11-17/h15,17H,4-11H2,1-3H3,(H,16,18). The number of nitrogens with one attached hydrogen (secondary N) is 2. The Hall–Kier alpha value is -0.610. The van der Waals surface area contributed by atoms with Gasteiger partial charge in [-0.15, -0.1) is 0 Å². The van der Waals surface area contributed by atoms with E-state index >= 15 is 0 Å². The second-order valence-corrected chi connectivity index (χ2v) is 5.48. The zero-order valence-corrected chi connectivity index (χ0v) is 12.0. The van der Waals surface area contributed by atoms with Crippen LogP contribution in [0.5, 0.6) is 0 Å². The van der Waals surface area contributed by atoms with Crippen molar-refractivity contribution in [2.75, 3.05) is 19.7 Å². The molecule has 1 amide bonds. The molecule has 1 fully saturated rings. The van der Waals surface area contributed by atoms with E-state index in [1.165, 1.54) is 0 Å². The lowest BCUT2D eigenvalue weighted by Crippen LogP contribution is -2.57. The van der Waals surface area contributed by atoms with Crippen molar-refractivity contribution in [3.63, 3.8) is 0 Å². The van der Waals surface area contributed by atoms with Crippen LogP contribution < -0.4 is 10.6 Å². The number of piperidine rings is 1. The molecule has 0 aromatic carbocycles. The number of hydrogen-bond acceptors (Lipinski definition) is 3. The van der Waals surface area contributed by atoms with Gasteiger partial charge in [-0.05, 0) is 45.2 Å². The number of rotatable bonds is 6. The van der Waals surface area contributed by atoms with Crippen molar-refractivity contribution in [3.05, 3.63) is 0 Å². The second kappa shape index (κ2) is 6.53. The predicted molar refractivity (Wildman–Crippen MR) is 73.4 cm³/mol. The molecule has 4 heteroatoms. The molecule has 0 spiro atoms. The molecule has 0 aromatic heterocycles. The van der Waals surface area contributed by atoms with Gasteiger partial charge < -0.3 is 15.7 Å². The Labute approximate surface area is 111 Å². The van der Waals surface area contributed by atoms with Gasteiger partial charge in [-0.25, -0.2) is 0 Å². The van der Waals surface area contributed by atoms with Gasteiger partial charge in [0.15, 0.2) is 0 Å². The van der Waals surface area contributed by atoms with Gasteiger partial charge in [-0.3, -0.25) is 4.79 Å². The number of aliphatic hydroxyl groups excluding tert-OH is 1. The summed E-state index contributed by atoms with van der Waals surface area (Å²) in [6, 6.07) is 0. The van der Waals surface area contributed by atoms with Crippen LogP contribution in [-0.2, 0) is 4.79 Å². The summed E-state index contributed by atoms with van der Waals surface area (Å²) >= 11 is 0. The van der Waals surface area contributed by atoms with Gasteiger partial charge in [0, 0.05) is 0 Å². The third-order valence-electron chi connectivity index (χ3n) is 4.75. The maximum Gasteiger partial charge on any atom is 0.226 e. The summed E-state index contributed by atoms with van der Waals surface area (Å²) in [5.74, 6) is 0.129. The molecule has 0 unspecified atom stereocenters. The maximum absolute atomic E-state index is 12.6. The molecule has 3 N–H and O–H groups in total. The van der Waals surface area contributed by atoms with Crippen LogP contribution in [0.3, 0.4) is 0 Å². The Balaban J connectivity index is 2.78. The molecular weight excluding hydrogens is 228 g/mol. The van der Waals surface area contributed by atoms with Crippen LogP contribution in [-0.4, -0.2) is 36.2 Å². The third-order valence-corrected chi connectivity index (χ3v) is 4.75. The largest absolute Gasteiger partial charge is 0.394 e. The van der Waals surface area contributed by atoms with Crippen molar-refractivity contribution in [1.82, 2.24) is 10.6 Å². The van der Waals surface area contributed by atoms with Crippen LogP contribution >= 0.6 is 0 Å². The molecule has 1 aliphatic rings. The quantitative estimate of drug-likeness (QED) is 0.674. The normalized spacial score (nSPS) is 19.6. The first-order chi connectivity index (χ1) is 8.58. The Kier molecular flexibility index (Phi) is 5.60. The van der Waals surface area contributed by atoms with E-state index in [4.69, 9.17) is 0 Å². The highest BCUT2D eigenvalue weighted by atomic mass is 16.3. The van der Waals surface area contributed by atoms with Gasteiger partial charge in [0.2, 0.25) is 5.91 Å². The van der Waals surface area contributed by atoms with Crippen LogP contribution in [0, 0.1) is 5.41 Å². The SMILES string of the molecule is CCC(CC)(CO)NC(=O)C1(CC)CCNCC1. The number of aliphatic hydroxyl groups is 1. The average Bonchev–Trinajstić information content (AvgIpc) is 2.45. The highest BCUT2D eigenvalue weighted by Crippen LogP contribution is 2.33. The first-order valence-electron chi connectivity index (χ1n) is 7.22. The molecule has 0 saturated carbocycles. The Bertz CT molecular complexity index is 261. The van der Waals surface area contributed by atoms with Crippen LogP contribution in [0.1, 0.15) is 52.9 Å². The fourth-order valence-electron chi connectivity index (χ4n) is 2.71. The summed E-state index contributed by atoms with van der Waals surface area (Å²) in [4.78, 5) is 12.6. The molecule has 4 nitrogen and oxygen atoms in total. The lowest BCUT2D eigenvalue weighted by Gasteiger charge is -2.40. The Morgan fingerprint density at radius 3 is 2.22 bits per heavy atom. The van der Waals surface area contributed by atoms with Crippen LogP contribution in [0.4, 0.5) is 0 Å². The fourth-order valence-corrected chi connectivity index (χ4v) is 2.71. The Morgan fingerprint density at radius 1 is 1.28 bits per heavy atom. The van der Waals surface area contributed by atoms with Gasteiger partial charge >= 0.3 is 0 Å². The van der Waals surface area contributed by atoms with Crippen LogP contribution in [0.15, 0.2) is 0 Å². The zero-order chi connectivity index (χ0) is 13.6. The minimum atomic E-state index is -0.440. The van der Waals surface area contributed by atoms with Crippen molar-refractivity contribution in [1.29, 1.82) is 0 Å². The van der Waals surface area contributed by atoms with Crippen molar-refractivity contribution in [2.45, 2.75) is 58.4 Å². The van der Waals surface area contributed by atoms with E-state index in [0.29, 0.717) is 0 Å². The highest BCUT2D eigenvalue weighted by molar-refractivity contribution is 5.83. The summed E-state index contributed by atoms with van der Waals surface area (Å²) in [6.07, 6.45) is 4.19. The third kappa shape index (κ3) is 3.04. The maximum atomic E-state index is 12.6. The average molecular weight is 256 g/mol. The van der Waals surface area contributed by atoms with E-state index in [2.05, 4.69) is 17.6 Å². The first-order valence-corrected chi connectivity index (χ1v) is 7.22. The van der Waals surface area contributed by atoms with Gasteiger partial charge in [0.05, 0.1) is 17.6 Å². The van der Waals surface area contributed by atoms with Crippen LogP contribution in [0.2, 0.25) is 0 Å². The Morgan fingerprint density at radius 2 is 1.83 bits per heavy atom. The van der Waals surface area contributed by atoms with Gasteiger partial charge in [0.25, 0.3) is 0 Å². The molecule has 1 rings (SSSR count). The zero-order valence-electron chi connectivity index (χ0n) is 12.0. The van der Waals surface area contributed by atoms with E-state index < -0.39 is 5.54 Å². The summed E-state index contributed by atoms with van der Waals surface area (Å²) in [5.41, 5.74) is -0.680. The topological polar surface area (TPSA) is 61.4 Å². The minimum absolute atomic E-state index is 0.0176. The molecule has 1 saturated heterocycles. The first kappa shape index (κ1) is 15.4. The van der Waals surface area contributed by atoms with Gasteiger partial charge in [0.1, 0.15) is 0 Å². The van der Waals surface area contributed by atoms with Crippen molar-refractivity contribution < 1.29 is 9.90 Å². The van der Waals surface area contributed by atoms with Gasteiger partial charge in [-0.2, -0.15) is 0 Å². The summed E-state index contributed by atoms with van der Waals surface area (Å²) in [6.45, 7) is 7.95. The molecule has 18 heavy (non-hydrogen) atoms. The summed E-state index contributed by atoms with van der Waals surface area (Å²) in [5, 5.41) is 16.0. The lowest BCUT2D eigenvalue weighted by molar-refractivity contribution is -0.135. The van der Waals surface area contributed by atoms with Crippen molar-refractivity contribution >= 4 is 5.91 Å². The molecule has 0 aromatic rings. The summed E-state index contributed by atoms with van der Waals surface area (Å²) < 4.78 is 0. The molecule has 1 heterocycles. The predicted octanol–water partition coefficient (Wildman–Crippen LogP) is 1.43. The highest BCUT2D eigenvalue weighted by Gasteiger charge is 2.40. The van der Waals surface area contributed by atoms with Crippen molar-refractivity contribution in [3.8, 4) is 0 Å². The monoisotopic (exact) mass is 256 g/mol. The molecule has 0 radical (unpaired) electrons. The fraction of sp³-hybridized carbons (Fsp3) is 0.929. The second-order valence-electron chi connectivity index (χ2n) is 5.48. The lowest BCUT2D eigenvalue weighted by atomic mass is 9.75. The van der Waals surface area contributed by atoms with Crippen molar-refractivity contribution in [2.24, 2.45) is 5.41 Å². The number of hydrogen-bond donors (Lipinski definition) is 3. The molecule has 0 aliphatic carbocycles. The molecule has 0 bridgehead atoms.